The van der Waals surface area contributed by atoms with Gasteiger partial charge in [0, 0.05) is 24.9 Å². The zero-order chi connectivity index (χ0) is 22.6. The molecule has 0 radical (unpaired) electrons. The summed E-state index contributed by atoms with van der Waals surface area (Å²) in [4.78, 5) is 27.0. The van der Waals surface area contributed by atoms with Crippen LogP contribution in [-0.2, 0) is 14.3 Å². The molecule has 1 aromatic rings. The largest absolute Gasteiger partial charge is 0.462 e. The molecule has 0 aromatic heterocycles. The summed E-state index contributed by atoms with van der Waals surface area (Å²) in [5.74, 6) is -0.171. The van der Waals surface area contributed by atoms with Gasteiger partial charge in [-0.25, -0.2) is 4.79 Å². The molecule has 30 heavy (non-hydrogen) atoms. The van der Waals surface area contributed by atoms with E-state index in [1.54, 1.807) is 4.90 Å². The summed E-state index contributed by atoms with van der Waals surface area (Å²) in [5, 5.41) is 6.72. The summed E-state index contributed by atoms with van der Waals surface area (Å²) >= 11 is 5.45. The predicted molar refractivity (Wildman–Crippen MR) is 124 cm³/mol. The number of thiocarbonyl (C=S) groups is 1. The molecule has 1 aromatic carbocycles. The van der Waals surface area contributed by atoms with Crippen LogP contribution in [0, 0.1) is 11.3 Å². The van der Waals surface area contributed by atoms with Crippen molar-refractivity contribution in [3.63, 3.8) is 0 Å². The summed E-state index contributed by atoms with van der Waals surface area (Å²) in [6, 6.07) is 7.03. The Balaban J connectivity index is 2.34. The average molecular weight is 432 g/mol. The Hall–Kier alpha value is -2.41. The lowest BCUT2D eigenvalue weighted by Gasteiger charge is -2.35. The monoisotopic (exact) mass is 431 g/mol. The van der Waals surface area contributed by atoms with Crippen molar-refractivity contribution in [2.45, 2.75) is 54.0 Å². The highest BCUT2D eigenvalue weighted by Gasteiger charge is 2.33. The predicted octanol–water partition coefficient (Wildman–Crippen LogP) is 4.40. The standard InChI is InChI=1S/C23H33N3O3S/c1-14(2)13-29-21(28)19-15(3)26(7)22(30)25-20(19)16-9-8-10-17(11-16)24-18(27)12-23(4,5)6/h8-11,14,20H,12-13H2,1-7H3,(H,24,27)(H,25,30). The fourth-order valence-electron chi connectivity index (χ4n) is 3.15. The van der Waals surface area contributed by atoms with Gasteiger partial charge in [0.1, 0.15) is 0 Å². The summed E-state index contributed by atoms with van der Waals surface area (Å²) in [5.41, 5.74) is 2.68. The molecule has 0 aliphatic carbocycles. The van der Waals surface area contributed by atoms with Gasteiger partial charge in [-0.1, -0.05) is 46.8 Å². The van der Waals surface area contributed by atoms with E-state index in [2.05, 4.69) is 10.6 Å². The first kappa shape index (κ1) is 23.9. The van der Waals surface area contributed by atoms with Crippen LogP contribution in [0.5, 0.6) is 0 Å². The molecule has 2 N–H and O–H groups in total. The van der Waals surface area contributed by atoms with E-state index >= 15 is 0 Å². The van der Waals surface area contributed by atoms with Crippen LogP contribution in [-0.4, -0.2) is 35.5 Å². The van der Waals surface area contributed by atoms with Crippen LogP contribution in [0.3, 0.4) is 0 Å². The van der Waals surface area contributed by atoms with Crippen molar-refractivity contribution in [1.82, 2.24) is 10.2 Å². The Morgan fingerprint density at radius 2 is 1.97 bits per heavy atom. The third-order valence-electron chi connectivity index (χ3n) is 4.72. The van der Waals surface area contributed by atoms with Crippen LogP contribution < -0.4 is 10.6 Å². The van der Waals surface area contributed by atoms with Crippen molar-refractivity contribution in [3.05, 3.63) is 41.1 Å². The molecule has 7 heteroatoms. The van der Waals surface area contributed by atoms with Gasteiger partial charge in [-0.05, 0) is 48.2 Å². The lowest BCUT2D eigenvalue weighted by Crippen LogP contribution is -2.46. The van der Waals surface area contributed by atoms with Crippen molar-refractivity contribution in [1.29, 1.82) is 0 Å². The Morgan fingerprint density at radius 1 is 1.30 bits per heavy atom. The number of esters is 1. The van der Waals surface area contributed by atoms with E-state index in [9.17, 15) is 9.59 Å². The fourth-order valence-corrected chi connectivity index (χ4v) is 3.41. The van der Waals surface area contributed by atoms with E-state index in [1.807, 2.05) is 72.9 Å². The topological polar surface area (TPSA) is 70.7 Å². The molecule has 0 saturated carbocycles. The third-order valence-corrected chi connectivity index (χ3v) is 5.11. The lowest BCUT2D eigenvalue weighted by molar-refractivity contribution is -0.140. The molecule has 0 fully saturated rings. The number of carbonyl (C=O) groups excluding carboxylic acids is 2. The van der Waals surface area contributed by atoms with Gasteiger partial charge in [0.2, 0.25) is 5.91 Å². The van der Waals surface area contributed by atoms with Crippen LogP contribution in [0.4, 0.5) is 5.69 Å². The second-order valence-corrected chi connectivity index (χ2v) is 9.73. The minimum atomic E-state index is -0.451. The molecule has 1 heterocycles. The molecule has 1 aliphatic heterocycles. The summed E-state index contributed by atoms with van der Waals surface area (Å²) < 4.78 is 5.52. The zero-order valence-corrected chi connectivity index (χ0v) is 19.8. The molecule has 6 nitrogen and oxygen atoms in total. The number of nitrogens with one attached hydrogen (secondary N) is 2. The number of ether oxygens (including phenoxy) is 1. The van der Waals surface area contributed by atoms with Gasteiger partial charge in [0.15, 0.2) is 5.11 Å². The summed E-state index contributed by atoms with van der Waals surface area (Å²) in [7, 11) is 1.82. The highest BCUT2D eigenvalue weighted by atomic mass is 32.1. The molecule has 1 unspecified atom stereocenters. The minimum Gasteiger partial charge on any atom is -0.462 e. The van der Waals surface area contributed by atoms with Gasteiger partial charge in [0.05, 0.1) is 18.2 Å². The van der Waals surface area contributed by atoms with Gasteiger partial charge in [-0.3, -0.25) is 4.79 Å². The second kappa shape index (κ2) is 9.60. The van der Waals surface area contributed by atoms with Gasteiger partial charge >= 0.3 is 5.97 Å². The van der Waals surface area contributed by atoms with Crippen molar-refractivity contribution in [2.75, 3.05) is 19.0 Å². The van der Waals surface area contributed by atoms with Crippen molar-refractivity contribution < 1.29 is 14.3 Å². The number of nitrogens with zero attached hydrogens (tertiary/aromatic N) is 1. The van der Waals surface area contributed by atoms with Crippen LogP contribution >= 0.6 is 12.2 Å². The van der Waals surface area contributed by atoms with Gasteiger partial charge in [0.25, 0.3) is 0 Å². The van der Waals surface area contributed by atoms with Crippen LogP contribution in [0.15, 0.2) is 35.5 Å². The number of hydrogen-bond acceptors (Lipinski definition) is 4. The number of benzene rings is 1. The highest BCUT2D eigenvalue weighted by Crippen LogP contribution is 2.32. The molecule has 0 bridgehead atoms. The second-order valence-electron chi connectivity index (χ2n) is 9.34. The van der Waals surface area contributed by atoms with E-state index < -0.39 is 6.04 Å². The Kier molecular flexibility index (Phi) is 7.64. The van der Waals surface area contributed by atoms with E-state index in [-0.39, 0.29) is 23.2 Å². The normalized spacial score (nSPS) is 17.1. The maximum atomic E-state index is 12.9. The smallest absolute Gasteiger partial charge is 0.338 e. The number of carbonyl (C=O) groups is 2. The number of allylic oxidation sites excluding steroid dienone is 1. The molecule has 1 atom stereocenters. The SMILES string of the molecule is CC1=C(C(=O)OCC(C)C)C(c2cccc(NC(=O)CC(C)(C)C)c2)NC(=S)N1C. The number of rotatable bonds is 6. The van der Waals surface area contributed by atoms with E-state index in [0.717, 1.165) is 11.3 Å². The molecular weight excluding hydrogens is 398 g/mol. The molecule has 1 amide bonds. The van der Waals surface area contributed by atoms with Crippen LogP contribution in [0.25, 0.3) is 0 Å². The van der Waals surface area contributed by atoms with Crippen molar-refractivity contribution >= 4 is 34.9 Å². The highest BCUT2D eigenvalue weighted by molar-refractivity contribution is 7.80. The van der Waals surface area contributed by atoms with Crippen molar-refractivity contribution in [2.24, 2.45) is 11.3 Å². The van der Waals surface area contributed by atoms with E-state index in [1.165, 1.54) is 0 Å². The molecule has 2 rings (SSSR count). The summed E-state index contributed by atoms with van der Waals surface area (Å²) in [6.07, 6.45) is 0.416. The first-order valence-corrected chi connectivity index (χ1v) is 10.6. The lowest BCUT2D eigenvalue weighted by atomic mass is 9.92. The molecule has 0 spiro atoms. The van der Waals surface area contributed by atoms with E-state index in [0.29, 0.717) is 29.4 Å². The maximum Gasteiger partial charge on any atom is 0.338 e. The van der Waals surface area contributed by atoms with Crippen LogP contribution in [0.1, 0.15) is 59.6 Å². The molecule has 1 aliphatic rings. The minimum absolute atomic E-state index is 0.0465. The number of amides is 1. The Bertz CT molecular complexity index is 855. The third kappa shape index (κ3) is 6.29. The fraction of sp³-hybridized carbons (Fsp3) is 0.522. The van der Waals surface area contributed by atoms with Crippen LogP contribution in [0.2, 0.25) is 0 Å². The van der Waals surface area contributed by atoms with E-state index in [4.69, 9.17) is 17.0 Å². The number of anilines is 1. The molecule has 164 valence electrons. The van der Waals surface area contributed by atoms with Gasteiger partial charge in [-0.2, -0.15) is 0 Å². The molecule has 0 saturated heterocycles. The zero-order valence-electron chi connectivity index (χ0n) is 19.0. The maximum absolute atomic E-state index is 12.9. The Morgan fingerprint density at radius 3 is 2.57 bits per heavy atom. The molecular formula is C23H33N3O3S. The van der Waals surface area contributed by atoms with Gasteiger partial charge < -0.3 is 20.3 Å². The first-order chi connectivity index (χ1) is 13.9. The average Bonchev–Trinajstić information content (AvgIpc) is 2.62. The Labute approximate surface area is 185 Å². The summed E-state index contributed by atoms with van der Waals surface area (Å²) in [6.45, 7) is 12.3. The van der Waals surface area contributed by atoms with Gasteiger partial charge in [-0.15, -0.1) is 0 Å². The van der Waals surface area contributed by atoms with Crippen molar-refractivity contribution in [3.8, 4) is 0 Å². The number of hydrogen-bond donors (Lipinski definition) is 2. The first-order valence-electron chi connectivity index (χ1n) is 10.2. The quantitative estimate of drug-likeness (QED) is 0.514.